The number of nitrogens with one attached hydrogen (secondary N) is 1. The maximum absolute atomic E-state index is 14.2. The van der Waals surface area contributed by atoms with Crippen LogP contribution in [-0.2, 0) is 6.54 Å². The summed E-state index contributed by atoms with van der Waals surface area (Å²) in [6.07, 6.45) is 0. The Hall–Kier alpha value is -3.80. The fourth-order valence-corrected chi connectivity index (χ4v) is 2.99. The fourth-order valence-electron chi connectivity index (χ4n) is 2.99. The second-order valence-corrected chi connectivity index (χ2v) is 6.45. The molecule has 4 aromatic rings. The summed E-state index contributed by atoms with van der Waals surface area (Å²) in [5.41, 5.74) is 2.27. The van der Waals surface area contributed by atoms with E-state index in [1.807, 2.05) is 30.3 Å². The summed E-state index contributed by atoms with van der Waals surface area (Å²) < 4.78 is 29.0. The molecule has 6 heteroatoms. The van der Waals surface area contributed by atoms with Gasteiger partial charge in [-0.3, -0.25) is 4.79 Å². The molecule has 0 unspecified atom stereocenters. The number of carbonyl (C=O) groups excluding carboxylic acids is 1. The minimum atomic E-state index is -0.438. The van der Waals surface area contributed by atoms with Gasteiger partial charge in [-0.05, 0) is 48.0 Å². The van der Waals surface area contributed by atoms with E-state index < -0.39 is 11.6 Å². The maximum Gasteiger partial charge on any atom is 0.270 e. The molecule has 0 aliphatic rings. The van der Waals surface area contributed by atoms with Gasteiger partial charge in [0.1, 0.15) is 17.3 Å². The Labute approximate surface area is 166 Å². The van der Waals surface area contributed by atoms with E-state index in [2.05, 4.69) is 10.4 Å². The van der Waals surface area contributed by atoms with E-state index in [1.54, 1.807) is 18.2 Å². The Morgan fingerprint density at radius 3 is 2.31 bits per heavy atom. The molecule has 4 rings (SSSR count). The molecule has 1 amide bonds. The van der Waals surface area contributed by atoms with Crippen LogP contribution in [0.4, 0.5) is 8.78 Å². The van der Waals surface area contributed by atoms with Crippen LogP contribution in [0, 0.1) is 11.6 Å². The Morgan fingerprint density at radius 2 is 1.59 bits per heavy atom. The third-order valence-corrected chi connectivity index (χ3v) is 4.46. The smallest absolute Gasteiger partial charge is 0.270 e. The van der Waals surface area contributed by atoms with Gasteiger partial charge in [0, 0.05) is 12.1 Å². The first-order valence-electron chi connectivity index (χ1n) is 9.05. The Balaban J connectivity index is 1.71. The first-order chi connectivity index (χ1) is 14.1. The van der Waals surface area contributed by atoms with Crippen LogP contribution in [0.25, 0.3) is 16.9 Å². The lowest BCUT2D eigenvalue weighted by molar-refractivity contribution is 0.0943. The standard InChI is InChI=1S/C23H17F2N3O/c24-17-10-12-18(13-11-17)28-22(23(29)26-15-16-6-2-1-3-7-16)14-21(27-28)19-8-4-5-9-20(19)25/h1-14H,15H2,(H,26,29). The molecule has 29 heavy (non-hydrogen) atoms. The van der Waals surface area contributed by atoms with Gasteiger partial charge in [-0.15, -0.1) is 0 Å². The van der Waals surface area contributed by atoms with Crippen LogP contribution in [-0.4, -0.2) is 15.7 Å². The van der Waals surface area contributed by atoms with E-state index in [9.17, 15) is 13.6 Å². The number of halogens is 2. The van der Waals surface area contributed by atoms with Crippen molar-refractivity contribution >= 4 is 5.91 Å². The first-order valence-corrected chi connectivity index (χ1v) is 9.05. The lowest BCUT2D eigenvalue weighted by Crippen LogP contribution is -2.25. The van der Waals surface area contributed by atoms with Crippen LogP contribution >= 0.6 is 0 Å². The average Bonchev–Trinajstić information content (AvgIpc) is 3.19. The number of hydrogen-bond acceptors (Lipinski definition) is 2. The molecule has 4 nitrogen and oxygen atoms in total. The van der Waals surface area contributed by atoms with Gasteiger partial charge in [-0.1, -0.05) is 42.5 Å². The van der Waals surface area contributed by atoms with Crippen molar-refractivity contribution in [3.63, 3.8) is 0 Å². The second kappa shape index (κ2) is 8.06. The highest BCUT2D eigenvalue weighted by Gasteiger charge is 2.19. The molecule has 0 bridgehead atoms. The van der Waals surface area contributed by atoms with Crippen LogP contribution in [0.3, 0.4) is 0 Å². The van der Waals surface area contributed by atoms with E-state index in [1.165, 1.54) is 41.1 Å². The number of rotatable bonds is 5. The summed E-state index contributed by atoms with van der Waals surface area (Å²) in [6.45, 7) is 0.337. The van der Waals surface area contributed by atoms with Crippen LogP contribution in [0.5, 0.6) is 0 Å². The molecule has 0 aliphatic heterocycles. The van der Waals surface area contributed by atoms with Crippen molar-refractivity contribution in [2.24, 2.45) is 0 Å². The lowest BCUT2D eigenvalue weighted by atomic mass is 10.1. The monoisotopic (exact) mass is 389 g/mol. The molecule has 0 aliphatic carbocycles. The molecule has 0 fully saturated rings. The van der Waals surface area contributed by atoms with Crippen molar-refractivity contribution in [2.45, 2.75) is 6.54 Å². The topological polar surface area (TPSA) is 46.9 Å². The minimum Gasteiger partial charge on any atom is -0.347 e. The van der Waals surface area contributed by atoms with E-state index in [0.717, 1.165) is 5.56 Å². The molecule has 0 saturated carbocycles. The van der Waals surface area contributed by atoms with Crippen LogP contribution in [0.15, 0.2) is 84.9 Å². The van der Waals surface area contributed by atoms with Gasteiger partial charge in [0.25, 0.3) is 5.91 Å². The Bertz CT molecular complexity index is 1140. The number of amides is 1. The molecule has 144 valence electrons. The van der Waals surface area contributed by atoms with Gasteiger partial charge in [-0.25, -0.2) is 13.5 Å². The van der Waals surface area contributed by atoms with Crippen molar-refractivity contribution in [2.75, 3.05) is 0 Å². The van der Waals surface area contributed by atoms with Crippen molar-refractivity contribution in [1.29, 1.82) is 0 Å². The van der Waals surface area contributed by atoms with Gasteiger partial charge in [0.2, 0.25) is 0 Å². The van der Waals surface area contributed by atoms with E-state index in [-0.39, 0.29) is 17.2 Å². The Kier molecular flexibility index (Phi) is 5.16. The van der Waals surface area contributed by atoms with Crippen molar-refractivity contribution < 1.29 is 13.6 Å². The largest absolute Gasteiger partial charge is 0.347 e. The maximum atomic E-state index is 14.2. The zero-order valence-electron chi connectivity index (χ0n) is 15.3. The number of carbonyl (C=O) groups is 1. The second-order valence-electron chi connectivity index (χ2n) is 6.45. The van der Waals surface area contributed by atoms with Gasteiger partial charge in [0.15, 0.2) is 0 Å². The highest BCUT2D eigenvalue weighted by Crippen LogP contribution is 2.24. The van der Waals surface area contributed by atoms with E-state index in [4.69, 9.17) is 0 Å². The quantitative estimate of drug-likeness (QED) is 0.536. The predicted molar refractivity (Wildman–Crippen MR) is 107 cm³/mol. The van der Waals surface area contributed by atoms with Gasteiger partial charge in [-0.2, -0.15) is 5.10 Å². The molecule has 1 aromatic heterocycles. The average molecular weight is 389 g/mol. The van der Waals surface area contributed by atoms with Crippen molar-refractivity contribution in [1.82, 2.24) is 15.1 Å². The summed E-state index contributed by atoms with van der Waals surface area (Å²) in [5, 5.41) is 7.26. The van der Waals surface area contributed by atoms with Crippen LogP contribution < -0.4 is 5.32 Å². The molecule has 1 heterocycles. The molecule has 3 aromatic carbocycles. The number of nitrogens with zero attached hydrogens (tertiary/aromatic N) is 2. The lowest BCUT2D eigenvalue weighted by Gasteiger charge is -2.08. The molecule has 0 atom stereocenters. The summed E-state index contributed by atoms with van der Waals surface area (Å²) in [5.74, 6) is -1.20. The van der Waals surface area contributed by atoms with Gasteiger partial charge >= 0.3 is 0 Å². The van der Waals surface area contributed by atoms with Gasteiger partial charge < -0.3 is 5.32 Å². The summed E-state index contributed by atoms with van der Waals surface area (Å²) >= 11 is 0. The molecule has 0 radical (unpaired) electrons. The normalized spacial score (nSPS) is 10.7. The first kappa shape index (κ1) is 18.6. The van der Waals surface area contributed by atoms with Crippen LogP contribution in [0.2, 0.25) is 0 Å². The fraction of sp³-hybridized carbons (Fsp3) is 0.0435. The third kappa shape index (κ3) is 4.06. The minimum absolute atomic E-state index is 0.228. The third-order valence-electron chi connectivity index (χ3n) is 4.46. The number of aromatic nitrogens is 2. The summed E-state index contributed by atoms with van der Waals surface area (Å²) in [6, 6.07) is 22.8. The number of hydrogen-bond donors (Lipinski definition) is 1. The highest BCUT2D eigenvalue weighted by molar-refractivity contribution is 5.94. The van der Waals surface area contributed by atoms with E-state index >= 15 is 0 Å². The molecule has 0 saturated heterocycles. The molecular weight excluding hydrogens is 372 g/mol. The predicted octanol–water partition coefficient (Wildman–Crippen LogP) is 4.75. The molecular formula is C23H17F2N3O. The van der Waals surface area contributed by atoms with E-state index in [0.29, 0.717) is 17.9 Å². The van der Waals surface area contributed by atoms with Crippen LogP contribution in [0.1, 0.15) is 16.1 Å². The zero-order chi connectivity index (χ0) is 20.2. The number of benzene rings is 3. The molecule has 1 N–H and O–H groups in total. The SMILES string of the molecule is O=C(NCc1ccccc1)c1cc(-c2ccccc2F)nn1-c1ccc(F)cc1. The highest BCUT2D eigenvalue weighted by atomic mass is 19.1. The Morgan fingerprint density at radius 1 is 0.897 bits per heavy atom. The van der Waals surface area contributed by atoms with Gasteiger partial charge in [0.05, 0.1) is 11.4 Å². The van der Waals surface area contributed by atoms with Crippen molar-refractivity contribution in [3.8, 4) is 16.9 Å². The summed E-state index contributed by atoms with van der Waals surface area (Å²) in [7, 11) is 0. The van der Waals surface area contributed by atoms with Crippen molar-refractivity contribution in [3.05, 3.63) is 108 Å². The molecule has 0 spiro atoms. The summed E-state index contributed by atoms with van der Waals surface area (Å²) in [4.78, 5) is 12.9. The zero-order valence-corrected chi connectivity index (χ0v) is 15.3.